The molecule has 0 spiro atoms. The van der Waals surface area contributed by atoms with Gasteiger partial charge in [-0.2, -0.15) is 0 Å². The molecule has 0 fully saturated rings. The van der Waals surface area contributed by atoms with E-state index in [1.807, 2.05) is 0 Å². The van der Waals surface area contributed by atoms with E-state index in [2.05, 4.69) is 26.1 Å². The van der Waals surface area contributed by atoms with Crippen LogP contribution in [0, 0.1) is 24.0 Å². The molecule has 0 aliphatic heterocycles. The Hall–Kier alpha value is -1.54. The monoisotopic (exact) mass is 329 g/mol. The summed E-state index contributed by atoms with van der Waals surface area (Å²) in [5, 5.41) is 18.7. The summed E-state index contributed by atoms with van der Waals surface area (Å²) < 4.78 is 6.16. The smallest absolute Gasteiger partial charge is 0.300 e. The van der Waals surface area contributed by atoms with Crippen LogP contribution in [0.5, 0.6) is 10.9 Å². The molecule has 2 rings (SSSR count). The van der Waals surface area contributed by atoms with Crippen LogP contribution in [0.2, 0.25) is 0 Å². The molecule has 0 unspecified atom stereocenters. The van der Waals surface area contributed by atoms with E-state index in [9.17, 15) is 10.1 Å². The summed E-state index contributed by atoms with van der Waals surface area (Å²) in [6, 6.07) is 3.11. The molecular weight excluding hydrogens is 322 g/mol. The Kier molecular flexibility index (Phi) is 3.58. The standard InChI is InChI=1S/C10H8BrN3O3S/c1-5-4-8(6(2)3-7(5)14(15)16)17-10-13-12-9(11)18-10/h3-4H,1-2H3. The molecule has 8 heteroatoms. The topological polar surface area (TPSA) is 78.2 Å². The molecule has 94 valence electrons. The van der Waals surface area contributed by atoms with Crippen LogP contribution < -0.4 is 4.74 Å². The van der Waals surface area contributed by atoms with Gasteiger partial charge >= 0.3 is 0 Å². The van der Waals surface area contributed by atoms with Crippen molar-refractivity contribution < 1.29 is 9.66 Å². The zero-order chi connectivity index (χ0) is 13.3. The van der Waals surface area contributed by atoms with Crippen LogP contribution in [-0.2, 0) is 0 Å². The highest BCUT2D eigenvalue weighted by atomic mass is 79.9. The zero-order valence-corrected chi connectivity index (χ0v) is 11.9. The second kappa shape index (κ2) is 4.99. The van der Waals surface area contributed by atoms with Crippen molar-refractivity contribution in [3.63, 3.8) is 0 Å². The van der Waals surface area contributed by atoms with Gasteiger partial charge in [0.15, 0.2) is 3.92 Å². The molecule has 0 bridgehead atoms. The molecule has 18 heavy (non-hydrogen) atoms. The predicted molar refractivity (Wildman–Crippen MR) is 70.3 cm³/mol. The number of benzene rings is 1. The van der Waals surface area contributed by atoms with Gasteiger partial charge in [-0.05, 0) is 52.7 Å². The number of halogens is 1. The number of rotatable bonds is 3. The second-order valence-electron chi connectivity index (χ2n) is 3.58. The van der Waals surface area contributed by atoms with E-state index in [4.69, 9.17) is 4.74 Å². The number of hydrogen-bond donors (Lipinski definition) is 0. The lowest BCUT2D eigenvalue weighted by Gasteiger charge is -2.06. The SMILES string of the molecule is Cc1cc([N+](=O)[O-])c(C)cc1Oc1nnc(Br)s1. The van der Waals surface area contributed by atoms with Gasteiger partial charge in [0.25, 0.3) is 10.9 Å². The lowest BCUT2D eigenvalue weighted by Crippen LogP contribution is -1.95. The van der Waals surface area contributed by atoms with Gasteiger partial charge < -0.3 is 4.74 Å². The number of ether oxygens (including phenoxy) is 1. The van der Waals surface area contributed by atoms with Crippen molar-refractivity contribution >= 4 is 33.0 Å². The number of hydrogen-bond acceptors (Lipinski definition) is 6. The minimum absolute atomic E-state index is 0.0818. The van der Waals surface area contributed by atoms with Gasteiger partial charge in [0.05, 0.1) is 4.92 Å². The Balaban J connectivity index is 2.35. The number of aromatic nitrogens is 2. The van der Waals surface area contributed by atoms with Gasteiger partial charge in [-0.15, -0.1) is 5.10 Å². The maximum absolute atomic E-state index is 10.8. The Morgan fingerprint density at radius 2 is 2.06 bits per heavy atom. The van der Waals surface area contributed by atoms with Crippen molar-refractivity contribution in [2.45, 2.75) is 13.8 Å². The molecule has 0 saturated heterocycles. The van der Waals surface area contributed by atoms with Gasteiger partial charge in [-0.1, -0.05) is 5.10 Å². The average molecular weight is 330 g/mol. The molecular formula is C10H8BrN3O3S. The third-order valence-electron chi connectivity index (χ3n) is 2.27. The first-order chi connectivity index (χ1) is 8.47. The van der Waals surface area contributed by atoms with E-state index in [0.717, 1.165) is 0 Å². The first-order valence-electron chi connectivity index (χ1n) is 4.90. The van der Waals surface area contributed by atoms with Crippen molar-refractivity contribution in [3.05, 3.63) is 37.3 Å². The summed E-state index contributed by atoms with van der Waals surface area (Å²) in [6.07, 6.45) is 0. The zero-order valence-electron chi connectivity index (χ0n) is 9.51. The molecule has 0 aliphatic carbocycles. The van der Waals surface area contributed by atoms with Crippen molar-refractivity contribution in [3.8, 4) is 10.9 Å². The highest BCUT2D eigenvalue weighted by Gasteiger charge is 2.15. The van der Waals surface area contributed by atoms with E-state index in [1.165, 1.54) is 17.4 Å². The van der Waals surface area contributed by atoms with Crippen LogP contribution >= 0.6 is 27.3 Å². The summed E-state index contributed by atoms with van der Waals surface area (Å²) in [5.41, 5.74) is 1.31. The van der Waals surface area contributed by atoms with E-state index in [0.29, 0.717) is 26.0 Å². The number of nitrogens with zero attached hydrogens (tertiary/aromatic N) is 3. The quantitative estimate of drug-likeness (QED) is 0.634. The number of nitro benzene ring substituents is 1. The fraction of sp³-hybridized carbons (Fsp3) is 0.200. The molecule has 1 heterocycles. The van der Waals surface area contributed by atoms with Gasteiger partial charge in [-0.3, -0.25) is 10.1 Å². The molecule has 0 radical (unpaired) electrons. The Morgan fingerprint density at radius 3 is 2.61 bits per heavy atom. The van der Waals surface area contributed by atoms with Crippen LogP contribution in [0.1, 0.15) is 11.1 Å². The summed E-state index contributed by atoms with van der Waals surface area (Å²) in [7, 11) is 0. The maximum Gasteiger partial charge on any atom is 0.300 e. The minimum Gasteiger partial charge on any atom is -0.429 e. The van der Waals surface area contributed by atoms with Crippen LogP contribution in [0.15, 0.2) is 16.0 Å². The summed E-state index contributed by atoms with van der Waals surface area (Å²) >= 11 is 4.43. The third-order valence-corrected chi connectivity index (χ3v) is 3.50. The van der Waals surface area contributed by atoms with Gasteiger partial charge in [0.2, 0.25) is 0 Å². The molecule has 1 aromatic heterocycles. The minimum atomic E-state index is -0.409. The molecule has 1 aromatic carbocycles. The molecule has 0 saturated carbocycles. The van der Waals surface area contributed by atoms with Crippen molar-refractivity contribution in [2.75, 3.05) is 0 Å². The lowest BCUT2D eigenvalue weighted by molar-refractivity contribution is -0.385. The fourth-order valence-electron chi connectivity index (χ4n) is 1.41. The first kappa shape index (κ1) is 12.9. The van der Waals surface area contributed by atoms with E-state index in [1.54, 1.807) is 19.9 Å². The maximum atomic E-state index is 10.8. The first-order valence-corrected chi connectivity index (χ1v) is 6.51. The van der Waals surface area contributed by atoms with Crippen molar-refractivity contribution in [1.82, 2.24) is 10.2 Å². The predicted octanol–water partition coefficient (Wildman–Crippen LogP) is 3.62. The Labute approximate surface area is 115 Å². The summed E-state index contributed by atoms with van der Waals surface area (Å²) in [5.74, 6) is 0.543. The molecule has 0 atom stereocenters. The van der Waals surface area contributed by atoms with Crippen LogP contribution in [0.4, 0.5) is 5.69 Å². The highest BCUT2D eigenvalue weighted by Crippen LogP contribution is 2.33. The van der Waals surface area contributed by atoms with E-state index < -0.39 is 4.92 Å². The fourth-order valence-corrected chi connectivity index (χ4v) is 2.34. The average Bonchev–Trinajstić information content (AvgIpc) is 2.68. The normalized spacial score (nSPS) is 10.4. The number of aryl methyl sites for hydroxylation is 2. The van der Waals surface area contributed by atoms with Crippen molar-refractivity contribution in [2.24, 2.45) is 0 Å². The number of nitro groups is 1. The largest absolute Gasteiger partial charge is 0.429 e. The van der Waals surface area contributed by atoms with Crippen molar-refractivity contribution in [1.29, 1.82) is 0 Å². The molecule has 0 amide bonds. The third kappa shape index (κ3) is 2.65. The van der Waals surface area contributed by atoms with Gasteiger partial charge in [-0.25, -0.2) is 0 Å². The second-order valence-corrected chi connectivity index (χ2v) is 5.80. The summed E-state index contributed by atoms with van der Waals surface area (Å²) in [6.45, 7) is 3.41. The highest BCUT2D eigenvalue weighted by molar-refractivity contribution is 9.11. The lowest BCUT2D eigenvalue weighted by atomic mass is 10.1. The van der Waals surface area contributed by atoms with E-state index >= 15 is 0 Å². The van der Waals surface area contributed by atoms with Gasteiger partial charge in [0, 0.05) is 11.6 Å². The molecule has 0 N–H and O–H groups in total. The van der Waals surface area contributed by atoms with Crippen LogP contribution in [0.3, 0.4) is 0 Å². The van der Waals surface area contributed by atoms with Crippen LogP contribution in [0.25, 0.3) is 0 Å². The van der Waals surface area contributed by atoms with Crippen LogP contribution in [-0.4, -0.2) is 15.1 Å². The van der Waals surface area contributed by atoms with E-state index in [-0.39, 0.29) is 5.69 Å². The Morgan fingerprint density at radius 1 is 1.33 bits per heavy atom. The van der Waals surface area contributed by atoms with Gasteiger partial charge in [0.1, 0.15) is 5.75 Å². The molecule has 0 aliphatic rings. The molecule has 2 aromatic rings. The Bertz CT molecular complexity index is 614. The summed E-state index contributed by atoms with van der Waals surface area (Å²) in [4.78, 5) is 10.4. The molecule has 6 nitrogen and oxygen atoms in total.